The van der Waals surface area contributed by atoms with E-state index in [4.69, 9.17) is 11.6 Å². The van der Waals surface area contributed by atoms with E-state index in [0.717, 1.165) is 16.7 Å². The van der Waals surface area contributed by atoms with Crippen molar-refractivity contribution in [3.05, 3.63) is 102 Å². The molecule has 1 aromatic heterocycles. The molecule has 0 aliphatic rings. The smallest absolute Gasteiger partial charge is 0.123 e. The van der Waals surface area contributed by atoms with Crippen LogP contribution in [0.1, 0.15) is 16.7 Å². The third kappa shape index (κ3) is 2.55. The van der Waals surface area contributed by atoms with Gasteiger partial charge in [-0.15, -0.1) is 11.6 Å². The van der Waals surface area contributed by atoms with Crippen LogP contribution in [-0.2, 0) is 4.87 Å². The summed E-state index contributed by atoms with van der Waals surface area (Å²) in [7, 11) is 0. The minimum atomic E-state index is -0.863. The highest BCUT2D eigenvalue weighted by Gasteiger charge is 2.33. The first-order valence-electron chi connectivity index (χ1n) is 6.62. The van der Waals surface area contributed by atoms with Crippen molar-refractivity contribution in [2.45, 2.75) is 4.87 Å². The van der Waals surface area contributed by atoms with Crippen LogP contribution in [0, 0.1) is 5.82 Å². The molecule has 1 heterocycles. The minimum absolute atomic E-state index is 0.277. The maximum atomic E-state index is 13.2. The first-order valence-corrected chi connectivity index (χ1v) is 7.00. The topological polar surface area (TPSA) is 12.9 Å². The molecule has 0 saturated heterocycles. The van der Waals surface area contributed by atoms with Gasteiger partial charge in [0.1, 0.15) is 10.7 Å². The van der Waals surface area contributed by atoms with Crippen LogP contribution in [0.3, 0.4) is 0 Å². The molecule has 0 radical (unpaired) electrons. The van der Waals surface area contributed by atoms with Crippen LogP contribution in [-0.4, -0.2) is 4.98 Å². The SMILES string of the molecule is Fc1ccc(C(Cl)(c2ccccc2)c2ccncc2)cc1. The monoisotopic (exact) mass is 297 g/mol. The lowest BCUT2D eigenvalue weighted by Gasteiger charge is -2.29. The molecule has 3 rings (SSSR count). The summed E-state index contributed by atoms with van der Waals surface area (Å²) in [5.74, 6) is -0.277. The van der Waals surface area contributed by atoms with Crippen LogP contribution in [0.5, 0.6) is 0 Å². The number of benzene rings is 2. The predicted octanol–water partition coefficient (Wildman–Crippen LogP) is 4.75. The van der Waals surface area contributed by atoms with E-state index in [9.17, 15) is 4.39 Å². The molecular weight excluding hydrogens is 285 g/mol. The van der Waals surface area contributed by atoms with Gasteiger partial charge in [0.05, 0.1) is 0 Å². The van der Waals surface area contributed by atoms with Crippen molar-refractivity contribution in [2.24, 2.45) is 0 Å². The van der Waals surface area contributed by atoms with Gasteiger partial charge in [0.15, 0.2) is 0 Å². The van der Waals surface area contributed by atoms with E-state index in [1.165, 1.54) is 12.1 Å². The molecular formula is C18H13ClFN. The van der Waals surface area contributed by atoms with Crippen molar-refractivity contribution in [2.75, 3.05) is 0 Å². The predicted molar refractivity (Wildman–Crippen MR) is 82.8 cm³/mol. The standard InChI is InChI=1S/C18H13ClFN/c19-18(14-4-2-1-3-5-14,16-10-12-21-13-11-16)15-6-8-17(20)9-7-15/h1-13H. The summed E-state index contributed by atoms with van der Waals surface area (Å²) in [6.07, 6.45) is 3.41. The summed E-state index contributed by atoms with van der Waals surface area (Å²) in [6.45, 7) is 0. The van der Waals surface area contributed by atoms with Crippen LogP contribution < -0.4 is 0 Å². The average molecular weight is 298 g/mol. The number of hydrogen-bond acceptors (Lipinski definition) is 1. The Hall–Kier alpha value is -2.19. The number of alkyl halides is 1. The Morgan fingerprint density at radius 2 is 1.24 bits per heavy atom. The minimum Gasteiger partial charge on any atom is -0.265 e. The maximum Gasteiger partial charge on any atom is 0.123 e. The fraction of sp³-hybridized carbons (Fsp3) is 0.0556. The zero-order valence-electron chi connectivity index (χ0n) is 11.2. The lowest BCUT2D eigenvalue weighted by atomic mass is 9.84. The molecule has 104 valence electrons. The second-order valence-corrected chi connectivity index (χ2v) is 5.33. The molecule has 3 heteroatoms. The third-order valence-corrected chi connectivity index (χ3v) is 4.15. The van der Waals surface area contributed by atoms with Crippen LogP contribution in [0.15, 0.2) is 79.1 Å². The summed E-state index contributed by atoms with van der Waals surface area (Å²) in [4.78, 5) is 3.18. The van der Waals surface area contributed by atoms with Gasteiger partial charge in [0, 0.05) is 12.4 Å². The number of halogens is 2. The van der Waals surface area contributed by atoms with Crippen molar-refractivity contribution in [3.63, 3.8) is 0 Å². The third-order valence-electron chi connectivity index (χ3n) is 3.49. The van der Waals surface area contributed by atoms with Crippen LogP contribution in [0.2, 0.25) is 0 Å². The highest BCUT2D eigenvalue weighted by atomic mass is 35.5. The Labute approximate surface area is 128 Å². The molecule has 0 aliphatic heterocycles. The molecule has 1 nitrogen and oxygen atoms in total. The van der Waals surface area contributed by atoms with Crippen molar-refractivity contribution >= 4 is 11.6 Å². The molecule has 0 spiro atoms. The van der Waals surface area contributed by atoms with Crippen LogP contribution in [0.25, 0.3) is 0 Å². The number of hydrogen-bond donors (Lipinski definition) is 0. The number of nitrogens with zero attached hydrogens (tertiary/aromatic N) is 1. The van der Waals surface area contributed by atoms with Gasteiger partial charge < -0.3 is 0 Å². The Morgan fingerprint density at radius 3 is 1.86 bits per heavy atom. The van der Waals surface area contributed by atoms with Gasteiger partial charge in [-0.3, -0.25) is 4.98 Å². The Bertz CT molecular complexity index is 672. The summed E-state index contributed by atoms with van der Waals surface area (Å²) in [6, 6.07) is 19.8. The zero-order chi connectivity index (χ0) is 14.7. The lowest BCUT2D eigenvalue weighted by Crippen LogP contribution is -2.22. The first-order chi connectivity index (χ1) is 10.2. The first kappa shape index (κ1) is 13.8. The fourth-order valence-corrected chi connectivity index (χ4v) is 2.81. The van der Waals surface area contributed by atoms with Gasteiger partial charge in [0.2, 0.25) is 0 Å². The van der Waals surface area contributed by atoms with Crippen molar-refractivity contribution in [3.8, 4) is 0 Å². The van der Waals surface area contributed by atoms with E-state index in [-0.39, 0.29) is 5.82 Å². The average Bonchev–Trinajstić information content (AvgIpc) is 2.56. The Balaban J connectivity index is 2.23. The molecule has 21 heavy (non-hydrogen) atoms. The second-order valence-electron chi connectivity index (χ2n) is 4.77. The molecule has 0 aliphatic carbocycles. The Morgan fingerprint density at radius 1 is 0.714 bits per heavy atom. The maximum absolute atomic E-state index is 13.2. The molecule has 1 atom stereocenters. The van der Waals surface area contributed by atoms with Crippen molar-refractivity contribution < 1.29 is 4.39 Å². The zero-order valence-corrected chi connectivity index (χ0v) is 12.0. The molecule has 0 amide bonds. The molecule has 1 unspecified atom stereocenters. The van der Waals surface area contributed by atoms with E-state index < -0.39 is 4.87 Å². The molecule has 0 N–H and O–H groups in total. The van der Waals surface area contributed by atoms with Crippen molar-refractivity contribution in [1.82, 2.24) is 4.98 Å². The quantitative estimate of drug-likeness (QED) is 0.636. The molecule has 0 saturated carbocycles. The summed E-state index contributed by atoms with van der Waals surface area (Å²) < 4.78 is 13.2. The molecule has 0 bridgehead atoms. The fourth-order valence-electron chi connectivity index (χ4n) is 2.43. The van der Waals surface area contributed by atoms with Gasteiger partial charge in [-0.05, 0) is 41.0 Å². The number of pyridine rings is 1. The normalized spacial score (nSPS) is 13.6. The molecule has 0 fully saturated rings. The van der Waals surface area contributed by atoms with Crippen LogP contribution >= 0.6 is 11.6 Å². The highest BCUT2D eigenvalue weighted by Crippen LogP contribution is 2.42. The van der Waals surface area contributed by atoms with Gasteiger partial charge in [-0.2, -0.15) is 0 Å². The summed E-state index contributed by atoms with van der Waals surface area (Å²) in [5, 5.41) is 0. The summed E-state index contributed by atoms with van der Waals surface area (Å²) in [5.41, 5.74) is 2.66. The van der Waals surface area contributed by atoms with E-state index >= 15 is 0 Å². The number of aromatic nitrogens is 1. The van der Waals surface area contributed by atoms with Gasteiger partial charge in [-0.1, -0.05) is 42.5 Å². The van der Waals surface area contributed by atoms with Gasteiger partial charge in [-0.25, -0.2) is 4.39 Å². The molecule has 2 aromatic carbocycles. The van der Waals surface area contributed by atoms with Gasteiger partial charge in [0.25, 0.3) is 0 Å². The second kappa shape index (κ2) is 5.66. The van der Waals surface area contributed by atoms with Gasteiger partial charge >= 0.3 is 0 Å². The largest absolute Gasteiger partial charge is 0.265 e. The van der Waals surface area contributed by atoms with Crippen LogP contribution in [0.4, 0.5) is 4.39 Å². The van der Waals surface area contributed by atoms with E-state index in [1.54, 1.807) is 24.5 Å². The Kier molecular flexibility index (Phi) is 3.72. The van der Waals surface area contributed by atoms with Crippen molar-refractivity contribution in [1.29, 1.82) is 0 Å². The lowest BCUT2D eigenvalue weighted by molar-refractivity contribution is 0.626. The van der Waals surface area contributed by atoms with E-state index in [2.05, 4.69) is 4.98 Å². The van der Waals surface area contributed by atoms with E-state index in [0.29, 0.717) is 0 Å². The highest BCUT2D eigenvalue weighted by molar-refractivity contribution is 6.28. The van der Waals surface area contributed by atoms with E-state index in [1.807, 2.05) is 42.5 Å². The number of rotatable bonds is 3. The summed E-state index contributed by atoms with van der Waals surface area (Å²) >= 11 is 7.02. The molecule has 3 aromatic rings.